The number of halogens is 1. The Balaban J connectivity index is 3.62. The minimum Gasteiger partial charge on any atom is -0.390 e. The van der Waals surface area contributed by atoms with E-state index in [1.54, 1.807) is 0 Å². The highest BCUT2D eigenvalue weighted by atomic mass is 127. The Bertz CT molecular complexity index is 65.4. The van der Waals surface area contributed by atoms with Crippen molar-refractivity contribution in [3.8, 4) is 0 Å². The van der Waals surface area contributed by atoms with Crippen LogP contribution < -0.4 is 0 Å². The van der Waals surface area contributed by atoms with Crippen LogP contribution in [0.2, 0.25) is 0 Å². The summed E-state index contributed by atoms with van der Waals surface area (Å²) in [6.45, 7) is 5.74. The molecule has 0 saturated heterocycles. The molecular weight excluding hydrogens is 215 g/mol. The lowest BCUT2D eigenvalue weighted by Gasteiger charge is -2.23. The molecule has 0 saturated carbocycles. The fourth-order valence-electron chi connectivity index (χ4n) is 0.189. The van der Waals surface area contributed by atoms with Crippen molar-refractivity contribution >= 4 is 22.6 Å². The highest BCUT2D eigenvalue weighted by molar-refractivity contribution is 14.1. The zero-order chi connectivity index (χ0) is 6.78. The van der Waals surface area contributed by atoms with Gasteiger partial charge >= 0.3 is 0 Å². The van der Waals surface area contributed by atoms with Gasteiger partial charge in [-0.05, 0) is 19.8 Å². The number of alkyl halides is 1. The van der Waals surface area contributed by atoms with Crippen LogP contribution in [-0.2, 0) is 0 Å². The molecule has 2 heteroatoms. The molecule has 1 atom stereocenters. The van der Waals surface area contributed by atoms with Gasteiger partial charge in [0.1, 0.15) is 0 Å². The van der Waals surface area contributed by atoms with Gasteiger partial charge in [-0.3, -0.25) is 0 Å². The summed E-state index contributed by atoms with van der Waals surface area (Å²) < 4.78 is 1.02. The highest BCUT2D eigenvalue weighted by Gasteiger charge is 2.20. The molecule has 0 aliphatic rings. The minimum atomic E-state index is -0.499. The summed E-state index contributed by atoms with van der Waals surface area (Å²) in [6, 6.07) is 0. The molecule has 0 aromatic heterocycles. The van der Waals surface area contributed by atoms with Gasteiger partial charge in [-0.25, -0.2) is 0 Å². The van der Waals surface area contributed by atoms with Crippen LogP contribution in [0.15, 0.2) is 0 Å². The van der Waals surface area contributed by atoms with Gasteiger partial charge in [0, 0.05) is 4.43 Å². The second kappa shape index (κ2) is 3.01. The Morgan fingerprint density at radius 3 is 2.00 bits per heavy atom. The number of hydrogen-bond donors (Lipinski definition) is 1. The third-order valence-electron chi connectivity index (χ3n) is 1.44. The molecule has 0 spiro atoms. The van der Waals surface area contributed by atoms with Crippen LogP contribution >= 0.6 is 22.6 Å². The molecule has 0 radical (unpaired) electrons. The molecule has 0 amide bonds. The van der Waals surface area contributed by atoms with Crippen LogP contribution in [0.5, 0.6) is 0 Å². The van der Waals surface area contributed by atoms with Crippen molar-refractivity contribution < 1.29 is 5.11 Å². The molecule has 0 aromatic carbocycles. The maximum Gasteiger partial charge on any atom is 0.0624 e. The molecule has 0 heterocycles. The minimum absolute atomic E-state index is 0.392. The average Bonchev–Trinajstić information content (AvgIpc) is 1.62. The molecular formula is C6H13IO. The lowest BCUT2D eigenvalue weighted by molar-refractivity contribution is 0.0358. The van der Waals surface area contributed by atoms with E-state index in [-0.39, 0.29) is 0 Å². The first-order chi connectivity index (χ1) is 3.48. The van der Waals surface area contributed by atoms with E-state index in [9.17, 15) is 5.11 Å². The Morgan fingerprint density at radius 2 is 2.00 bits per heavy atom. The van der Waals surface area contributed by atoms with E-state index < -0.39 is 5.60 Å². The van der Waals surface area contributed by atoms with Gasteiger partial charge in [0.15, 0.2) is 0 Å². The lowest BCUT2D eigenvalue weighted by Crippen LogP contribution is -2.29. The molecule has 0 rings (SSSR count). The van der Waals surface area contributed by atoms with Crippen molar-refractivity contribution in [3.63, 3.8) is 0 Å². The van der Waals surface area contributed by atoms with Crippen LogP contribution in [0.25, 0.3) is 0 Å². The molecule has 50 valence electrons. The zero-order valence-electron chi connectivity index (χ0n) is 5.61. The SMILES string of the molecule is CC(CI)C(C)(C)O. The first-order valence-electron chi connectivity index (χ1n) is 2.77. The topological polar surface area (TPSA) is 20.2 Å². The van der Waals surface area contributed by atoms with Crippen LogP contribution in [0, 0.1) is 5.92 Å². The highest BCUT2D eigenvalue weighted by Crippen LogP contribution is 2.17. The fourth-order valence-corrected chi connectivity index (χ4v) is 1.27. The van der Waals surface area contributed by atoms with Crippen molar-refractivity contribution in [2.75, 3.05) is 4.43 Å². The number of rotatable bonds is 2. The van der Waals surface area contributed by atoms with E-state index >= 15 is 0 Å². The Morgan fingerprint density at radius 1 is 1.62 bits per heavy atom. The molecule has 0 aliphatic carbocycles. The summed E-state index contributed by atoms with van der Waals surface area (Å²) in [5, 5.41) is 9.28. The van der Waals surface area contributed by atoms with E-state index in [0.29, 0.717) is 5.92 Å². The van der Waals surface area contributed by atoms with E-state index in [1.807, 2.05) is 20.8 Å². The quantitative estimate of drug-likeness (QED) is 0.564. The first kappa shape index (κ1) is 8.69. The Hall–Kier alpha value is 0.690. The van der Waals surface area contributed by atoms with Gasteiger partial charge in [-0.2, -0.15) is 0 Å². The molecule has 1 N–H and O–H groups in total. The van der Waals surface area contributed by atoms with Crippen LogP contribution in [-0.4, -0.2) is 15.1 Å². The van der Waals surface area contributed by atoms with Crippen molar-refractivity contribution in [3.05, 3.63) is 0 Å². The summed E-state index contributed by atoms with van der Waals surface area (Å²) in [7, 11) is 0. The van der Waals surface area contributed by atoms with Crippen LogP contribution in [0.3, 0.4) is 0 Å². The predicted octanol–water partition coefficient (Wildman–Crippen LogP) is 1.83. The summed E-state index contributed by atoms with van der Waals surface area (Å²) in [5.74, 6) is 0.392. The molecule has 1 nitrogen and oxygen atoms in total. The molecule has 0 aromatic rings. The normalized spacial score (nSPS) is 16.1. The van der Waals surface area contributed by atoms with Gasteiger partial charge in [0.2, 0.25) is 0 Å². The summed E-state index contributed by atoms with van der Waals surface area (Å²) in [6.07, 6.45) is 0. The van der Waals surface area contributed by atoms with Gasteiger partial charge in [-0.15, -0.1) is 0 Å². The van der Waals surface area contributed by atoms with Crippen molar-refractivity contribution in [1.82, 2.24) is 0 Å². The van der Waals surface area contributed by atoms with E-state index in [4.69, 9.17) is 0 Å². The second-order valence-electron chi connectivity index (χ2n) is 2.71. The third kappa shape index (κ3) is 2.87. The van der Waals surface area contributed by atoms with Crippen molar-refractivity contribution in [2.45, 2.75) is 26.4 Å². The van der Waals surface area contributed by atoms with Crippen LogP contribution in [0.4, 0.5) is 0 Å². The van der Waals surface area contributed by atoms with Gasteiger partial charge in [0.05, 0.1) is 5.60 Å². The fraction of sp³-hybridized carbons (Fsp3) is 1.00. The second-order valence-corrected chi connectivity index (χ2v) is 3.59. The number of aliphatic hydroxyl groups is 1. The number of hydrogen-bond acceptors (Lipinski definition) is 1. The summed E-state index contributed by atoms with van der Waals surface area (Å²) >= 11 is 2.28. The monoisotopic (exact) mass is 228 g/mol. The van der Waals surface area contributed by atoms with Gasteiger partial charge in [-0.1, -0.05) is 29.5 Å². The molecule has 0 aliphatic heterocycles. The third-order valence-corrected chi connectivity index (χ3v) is 2.76. The molecule has 1 unspecified atom stereocenters. The van der Waals surface area contributed by atoms with Crippen LogP contribution in [0.1, 0.15) is 20.8 Å². The standard InChI is InChI=1S/C6H13IO/c1-5(4-7)6(2,3)8/h5,8H,4H2,1-3H3. The Labute approximate surface area is 64.6 Å². The zero-order valence-corrected chi connectivity index (χ0v) is 7.77. The van der Waals surface area contributed by atoms with E-state index in [1.165, 1.54) is 0 Å². The summed E-state index contributed by atoms with van der Waals surface area (Å²) in [5.41, 5.74) is -0.499. The molecule has 0 bridgehead atoms. The Kier molecular flexibility index (Phi) is 3.27. The molecule has 0 fully saturated rings. The summed E-state index contributed by atoms with van der Waals surface area (Å²) in [4.78, 5) is 0. The smallest absolute Gasteiger partial charge is 0.0624 e. The maximum absolute atomic E-state index is 9.28. The van der Waals surface area contributed by atoms with Gasteiger partial charge < -0.3 is 5.11 Å². The van der Waals surface area contributed by atoms with Gasteiger partial charge in [0.25, 0.3) is 0 Å². The molecule has 8 heavy (non-hydrogen) atoms. The van der Waals surface area contributed by atoms with E-state index in [0.717, 1.165) is 4.43 Å². The maximum atomic E-state index is 9.28. The van der Waals surface area contributed by atoms with Crippen molar-refractivity contribution in [1.29, 1.82) is 0 Å². The van der Waals surface area contributed by atoms with Crippen molar-refractivity contribution in [2.24, 2.45) is 5.92 Å². The first-order valence-corrected chi connectivity index (χ1v) is 4.29. The van der Waals surface area contributed by atoms with E-state index in [2.05, 4.69) is 22.6 Å². The lowest BCUT2D eigenvalue weighted by atomic mass is 9.95. The average molecular weight is 228 g/mol. The predicted molar refractivity (Wildman–Crippen MR) is 44.3 cm³/mol. The largest absolute Gasteiger partial charge is 0.390 e.